The Hall–Kier alpha value is -2.66. The Morgan fingerprint density at radius 3 is 2.64 bits per heavy atom. The minimum absolute atomic E-state index is 0.147. The van der Waals surface area contributed by atoms with E-state index < -0.39 is 0 Å². The van der Waals surface area contributed by atoms with Crippen molar-refractivity contribution in [3.63, 3.8) is 0 Å². The molecule has 5 nitrogen and oxygen atoms in total. The minimum atomic E-state index is -0.147. The maximum absolute atomic E-state index is 11.6. The fourth-order valence-electron chi connectivity index (χ4n) is 2.97. The zero-order chi connectivity index (χ0) is 19.8. The molecule has 0 spiro atoms. The summed E-state index contributed by atoms with van der Waals surface area (Å²) >= 11 is 5.96. The quantitative estimate of drug-likeness (QED) is 0.507. The molecule has 2 N–H and O–H groups in total. The number of hydrogen-bond acceptors (Lipinski definition) is 2. The van der Waals surface area contributed by atoms with Crippen molar-refractivity contribution in [2.24, 2.45) is 0 Å². The molecule has 6 heteroatoms. The number of carbonyl (C=O) groups is 1. The van der Waals surface area contributed by atoms with Crippen LogP contribution in [-0.4, -0.2) is 30.3 Å². The molecule has 2 aromatic carbocycles. The number of rotatable bonds is 9. The molecule has 0 aliphatic rings. The molecule has 0 aliphatic heterocycles. The Labute approximate surface area is 170 Å². The van der Waals surface area contributed by atoms with Gasteiger partial charge in [-0.1, -0.05) is 37.1 Å². The van der Waals surface area contributed by atoms with Gasteiger partial charge in [0.05, 0.1) is 6.54 Å². The molecule has 0 bridgehead atoms. The van der Waals surface area contributed by atoms with Gasteiger partial charge in [0.1, 0.15) is 12.4 Å². The normalized spacial score (nSPS) is 10.8. The van der Waals surface area contributed by atoms with Gasteiger partial charge in [0, 0.05) is 35.2 Å². The fourth-order valence-corrected chi connectivity index (χ4v) is 3.09. The van der Waals surface area contributed by atoms with Gasteiger partial charge >= 0.3 is 6.03 Å². The molecule has 1 heterocycles. The highest BCUT2D eigenvalue weighted by atomic mass is 35.5. The number of amides is 2. The molecule has 0 radical (unpaired) electrons. The van der Waals surface area contributed by atoms with Crippen molar-refractivity contribution >= 4 is 28.5 Å². The van der Waals surface area contributed by atoms with Gasteiger partial charge in [0.25, 0.3) is 0 Å². The molecule has 0 saturated heterocycles. The second-order valence-corrected chi connectivity index (χ2v) is 7.11. The maximum Gasteiger partial charge on any atom is 0.314 e. The number of ether oxygens (including phenoxy) is 1. The Balaban J connectivity index is 1.51. The van der Waals surface area contributed by atoms with Crippen molar-refractivity contribution in [1.29, 1.82) is 0 Å². The van der Waals surface area contributed by atoms with Crippen LogP contribution in [0.2, 0.25) is 5.02 Å². The van der Waals surface area contributed by atoms with Crippen LogP contribution in [-0.2, 0) is 6.54 Å². The number of hydrogen-bond donors (Lipinski definition) is 2. The molecule has 0 saturated carbocycles. The number of nitrogens with zero attached hydrogens (tertiary/aromatic N) is 1. The van der Waals surface area contributed by atoms with E-state index in [2.05, 4.69) is 40.5 Å². The van der Waals surface area contributed by atoms with E-state index in [0.29, 0.717) is 19.7 Å². The third kappa shape index (κ3) is 5.67. The van der Waals surface area contributed by atoms with E-state index in [1.165, 1.54) is 5.56 Å². The van der Waals surface area contributed by atoms with Crippen LogP contribution in [0.3, 0.4) is 0 Å². The van der Waals surface area contributed by atoms with Crippen LogP contribution < -0.4 is 15.4 Å². The van der Waals surface area contributed by atoms with Gasteiger partial charge < -0.3 is 19.9 Å². The highest BCUT2D eigenvalue weighted by molar-refractivity contribution is 6.30. The van der Waals surface area contributed by atoms with Crippen LogP contribution in [0, 0.1) is 0 Å². The summed E-state index contributed by atoms with van der Waals surface area (Å²) in [5, 5.41) is 7.48. The molecule has 0 aliphatic carbocycles. The maximum atomic E-state index is 11.6. The van der Waals surface area contributed by atoms with Gasteiger partial charge in [-0.15, -0.1) is 0 Å². The monoisotopic (exact) mass is 399 g/mol. The van der Waals surface area contributed by atoms with Crippen molar-refractivity contribution in [2.45, 2.75) is 26.3 Å². The molecule has 2 amide bonds. The summed E-state index contributed by atoms with van der Waals surface area (Å²) < 4.78 is 7.96. The largest absolute Gasteiger partial charge is 0.492 e. The van der Waals surface area contributed by atoms with Gasteiger partial charge in [-0.3, -0.25) is 0 Å². The number of fused-ring (bicyclic) bond motifs is 1. The molecule has 28 heavy (non-hydrogen) atoms. The molecule has 1 aromatic heterocycles. The first-order valence-corrected chi connectivity index (χ1v) is 10.0. The van der Waals surface area contributed by atoms with Crippen molar-refractivity contribution < 1.29 is 9.53 Å². The summed E-state index contributed by atoms with van der Waals surface area (Å²) in [4.78, 5) is 11.6. The highest BCUT2D eigenvalue weighted by Gasteiger charge is 2.05. The molecule has 3 rings (SSSR count). The lowest BCUT2D eigenvalue weighted by Crippen LogP contribution is -2.38. The zero-order valence-electron chi connectivity index (χ0n) is 16.1. The number of urea groups is 1. The lowest BCUT2D eigenvalue weighted by Gasteiger charge is -2.10. The summed E-state index contributed by atoms with van der Waals surface area (Å²) in [5.41, 5.74) is 2.35. The van der Waals surface area contributed by atoms with Crippen molar-refractivity contribution in [3.8, 4) is 5.75 Å². The van der Waals surface area contributed by atoms with E-state index in [1.54, 1.807) is 0 Å². The van der Waals surface area contributed by atoms with Crippen LogP contribution in [0.25, 0.3) is 10.9 Å². The van der Waals surface area contributed by atoms with E-state index in [1.807, 2.05) is 36.4 Å². The predicted molar refractivity (Wildman–Crippen MR) is 114 cm³/mol. The van der Waals surface area contributed by atoms with Crippen LogP contribution in [0.5, 0.6) is 5.75 Å². The van der Waals surface area contributed by atoms with Gasteiger partial charge in [-0.05, 0) is 48.4 Å². The second-order valence-electron chi connectivity index (χ2n) is 6.68. The Morgan fingerprint density at radius 2 is 1.86 bits per heavy atom. The van der Waals surface area contributed by atoms with E-state index in [-0.39, 0.29) is 6.03 Å². The number of unbranched alkanes of at least 4 members (excludes halogenated alkanes) is 1. The lowest BCUT2D eigenvalue weighted by molar-refractivity contribution is 0.236. The first-order chi connectivity index (χ1) is 13.7. The molecular formula is C22H26ClN3O2. The second kappa shape index (κ2) is 10.0. The number of nitrogens with one attached hydrogen (secondary N) is 2. The molecule has 148 valence electrons. The van der Waals surface area contributed by atoms with Gasteiger partial charge in [-0.25, -0.2) is 4.79 Å². The number of aromatic nitrogens is 1. The zero-order valence-corrected chi connectivity index (χ0v) is 16.8. The average Bonchev–Trinajstić information content (AvgIpc) is 3.09. The average molecular weight is 400 g/mol. The van der Waals surface area contributed by atoms with Crippen LogP contribution in [0.15, 0.2) is 54.7 Å². The molecular weight excluding hydrogens is 374 g/mol. The van der Waals surface area contributed by atoms with Crippen LogP contribution in [0.1, 0.15) is 25.3 Å². The Morgan fingerprint density at radius 1 is 1.07 bits per heavy atom. The summed E-state index contributed by atoms with van der Waals surface area (Å²) in [7, 11) is 0. The van der Waals surface area contributed by atoms with Crippen LogP contribution >= 0.6 is 11.6 Å². The number of benzene rings is 2. The Bertz CT molecular complexity index is 906. The van der Waals surface area contributed by atoms with E-state index in [0.717, 1.165) is 41.1 Å². The first kappa shape index (κ1) is 20.1. The summed E-state index contributed by atoms with van der Waals surface area (Å²) in [6.45, 7) is 4.48. The lowest BCUT2D eigenvalue weighted by atomic mass is 10.2. The first-order valence-electron chi connectivity index (χ1n) is 9.63. The predicted octanol–water partition coefficient (Wildman–Crippen LogP) is 4.82. The van der Waals surface area contributed by atoms with Gasteiger partial charge in [0.15, 0.2) is 0 Å². The molecule has 0 atom stereocenters. The topological polar surface area (TPSA) is 55.3 Å². The molecule has 0 fully saturated rings. The number of halogens is 1. The standard InChI is InChI=1S/C22H26ClN3O2/c1-2-3-11-24-22(27)25-12-14-28-20-8-9-21-18(15-20)10-13-26(21)16-17-4-6-19(23)7-5-17/h4-10,13,15H,2-3,11-12,14,16H2,1H3,(H2,24,25,27). The fraction of sp³-hybridized carbons (Fsp3) is 0.318. The number of carbonyl (C=O) groups excluding carboxylic acids is 1. The minimum Gasteiger partial charge on any atom is -0.492 e. The van der Waals surface area contributed by atoms with Crippen molar-refractivity contribution in [3.05, 3.63) is 65.3 Å². The van der Waals surface area contributed by atoms with E-state index >= 15 is 0 Å². The van der Waals surface area contributed by atoms with E-state index in [4.69, 9.17) is 16.3 Å². The van der Waals surface area contributed by atoms with Gasteiger partial charge in [0.2, 0.25) is 0 Å². The Kier molecular flexibility index (Phi) is 7.20. The van der Waals surface area contributed by atoms with Crippen LogP contribution in [0.4, 0.5) is 4.79 Å². The highest BCUT2D eigenvalue weighted by Crippen LogP contribution is 2.23. The summed E-state index contributed by atoms with van der Waals surface area (Å²) in [6, 6.07) is 15.9. The third-order valence-corrected chi connectivity index (χ3v) is 4.73. The SMILES string of the molecule is CCCCNC(=O)NCCOc1ccc2c(ccn2Cc2ccc(Cl)cc2)c1. The molecule has 0 unspecified atom stereocenters. The third-order valence-electron chi connectivity index (χ3n) is 4.48. The van der Waals surface area contributed by atoms with E-state index in [9.17, 15) is 4.79 Å². The summed E-state index contributed by atoms with van der Waals surface area (Å²) in [5.74, 6) is 0.796. The smallest absolute Gasteiger partial charge is 0.314 e. The van der Waals surface area contributed by atoms with Crippen molar-refractivity contribution in [2.75, 3.05) is 19.7 Å². The summed E-state index contributed by atoms with van der Waals surface area (Å²) in [6.07, 6.45) is 4.13. The molecule has 3 aromatic rings. The van der Waals surface area contributed by atoms with Gasteiger partial charge in [-0.2, -0.15) is 0 Å². The van der Waals surface area contributed by atoms with Crippen molar-refractivity contribution in [1.82, 2.24) is 15.2 Å².